The predicted octanol–water partition coefficient (Wildman–Crippen LogP) is 2.98. The van der Waals surface area contributed by atoms with Crippen molar-refractivity contribution in [3.05, 3.63) is 34.7 Å². The minimum absolute atomic E-state index is 0.430. The number of hydrogen-bond acceptors (Lipinski definition) is 3. The summed E-state index contributed by atoms with van der Waals surface area (Å²) in [6.45, 7) is 1.83. The fraction of sp³-hybridized carbons (Fsp3) is 0.100. The molecule has 0 saturated carbocycles. The van der Waals surface area contributed by atoms with E-state index in [1.807, 2.05) is 6.92 Å². The molecule has 1 aromatic heterocycles. The monoisotopic (exact) mass is 226 g/mol. The number of nitrogens with zero attached hydrogens (tertiary/aromatic N) is 1. The van der Waals surface area contributed by atoms with Gasteiger partial charge in [0.1, 0.15) is 10.8 Å². The molecule has 0 amide bonds. The van der Waals surface area contributed by atoms with Gasteiger partial charge in [-0.25, -0.2) is 13.8 Å². The number of hydrogen-bond donors (Lipinski definition) is 1. The van der Waals surface area contributed by atoms with E-state index in [4.69, 9.17) is 5.73 Å². The number of thiazole rings is 1. The van der Waals surface area contributed by atoms with Crippen LogP contribution in [0.2, 0.25) is 0 Å². The van der Waals surface area contributed by atoms with E-state index in [-0.39, 0.29) is 0 Å². The lowest BCUT2D eigenvalue weighted by molar-refractivity contribution is 0.509. The predicted molar refractivity (Wildman–Crippen MR) is 56.6 cm³/mol. The number of benzene rings is 1. The van der Waals surface area contributed by atoms with Crippen molar-refractivity contribution in [2.75, 3.05) is 5.73 Å². The minimum Gasteiger partial charge on any atom is -0.383 e. The van der Waals surface area contributed by atoms with E-state index in [0.717, 1.165) is 17.0 Å². The SMILES string of the molecule is Cc1sc(-c2ccc(F)c(F)c2)nc1N. The van der Waals surface area contributed by atoms with Crippen LogP contribution in [-0.2, 0) is 0 Å². The standard InChI is InChI=1S/C10H8F2N2S/c1-5-9(13)14-10(15-5)6-2-3-7(11)8(12)4-6/h2-4H,13H2,1H3. The fourth-order valence-electron chi connectivity index (χ4n) is 1.16. The normalized spacial score (nSPS) is 10.6. The van der Waals surface area contributed by atoms with Gasteiger partial charge in [-0.1, -0.05) is 0 Å². The van der Waals surface area contributed by atoms with Gasteiger partial charge < -0.3 is 5.73 Å². The largest absolute Gasteiger partial charge is 0.383 e. The summed E-state index contributed by atoms with van der Waals surface area (Å²) in [6.07, 6.45) is 0. The van der Waals surface area contributed by atoms with Crippen molar-refractivity contribution >= 4 is 17.2 Å². The summed E-state index contributed by atoms with van der Waals surface area (Å²) in [5, 5.41) is 0.601. The van der Waals surface area contributed by atoms with Gasteiger partial charge >= 0.3 is 0 Å². The van der Waals surface area contributed by atoms with Gasteiger partial charge in [-0.15, -0.1) is 11.3 Å². The third-order valence-corrected chi connectivity index (χ3v) is 3.03. The molecular weight excluding hydrogens is 218 g/mol. The number of rotatable bonds is 1. The Morgan fingerprint density at radius 3 is 2.53 bits per heavy atom. The van der Waals surface area contributed by atoms with E-state index in [1.54, 1.807) is 0 Å². The molecule has 0 saturated heterocycles. The van der Waals surface area contributed by atoms with Crippen LogP contribution in [0, 0.1) is 18.6 Å². The van der Waals surface area contributed by atoms with Gasteiger partial charge in [0.25, 0.3) is 0 Å². The molecule has 0 bridgehead atoms. The number of halogens is 2. The number of nitrogen functional groups attached to an aromatic ring is 1. The maximum Gasteiger partial charge on any atom is 0.159 e. The molecule has 78 valence electrons. The Morgan fingerprint density at radius 1 is 1.27 bits per heavy atom. The second-order valence-electron chi connectivity index (χ2n) is 3.09. The molecule has 5 heteroatoms. The molecule has 0 spiro atoms. The molecule has 0 atom stereocenters. The fourth-order valence-corrected chi connectivity index (χ4v) is 1.99. The van der Waals surface area contributed by atoms with Gasteiger partial charge in [-0.05, 0) is 25.1 Å². The highest BCUT2D eigenvalue weighted by molar-refractivity contribution is 7.15. The van der Waals surface area contributed by atoms with Crippen LogP contribution in [0.4, 0.5) is 14.6 Å². The quantitative estimate of drug-likeness (QED) is 0.811. The highest BCUT2D eigenvalue weighted by atomic mass is 32.1. The van der Waals surface area contributed by atoms with Crippen molar-refractivity contribution in [3.8, 4) is 10.6 Å². The van der Waals surface area contributed by atoms with E-state index in [9.17, 15) is 8.78 Å². The van der Waals surface area contributed by atoms with Gasteiger partial charge in [-0.2, -0.15) is 0 Å². The van der Waals surface area contributed by atoms with Crippen molar-refractivity contribution in [2.45, 2.75) is 6.92 Å². The maximum atomic E-state index is 12.9. The van der Waals surface area contributed by atoms with Crippen LogP contribution >= 0.6 is 11.3 Å². The molecule has 0 radical (unpaired) electrons. The summed E-state index contributed by atoms with van der Waals surface area (Å²) in [7, 11) is 0. The Balaban J connectivity index is 2.49. The molecule has 2 nitrogen and oxygen atoms in total. The smallest absolute Gasteiger partial charge is 0.159 e. The van der Waals surface area contributed by atoms with Crippen molar-refractivity contribution in [1.82, 2.24) is 4.98 Å². The van der Waals surface area contributed by atoms with E-state index < -0.39 is 11.6 Å². The zero-order valence-corrected chi connectivity index (χ0v) is 8.74. The molecule has 0 aliphatic rings. The Bertz CT molecular complexity index is 489. The summed E-state index contributed by atoms with van der Waals surface area (Å²) >= 11 is 1.36. The first-order chi connectivity index (χ1) is 7.08. The van der Waals surface area contributed by atoms with Gasteiger partial charge in [0.2, 0.25) is 0 Å². The molecule has 0 aliphatic carbocycles. The van der Waals surface area contributed by atoms with E-state index in [1.165, 1.54) is 17.4 Å². The molecule has 1 heterocycles. The third kappa shape index (κ3) is 1.83. The number of nitrogens with two attached hydrogens (primary N) is 1. The highest BCUT2D eigenvalue weighted by Crippen LogP contribution is 2.29. The van der Waals surface area contributed by atoms with Crippen LogP contribution in [0.1, 0.15) is 4.88 Å². The van der Waals surface area contributed by atoms with Crippen molar-refractivity contribution < 1.29 is 8.78 Å². The van der Waals surface area contributed by atoms with Crippen LogP contribution in [0.5, 0.6) is 0 Å². The van der Waals surface area contributed by atoms with Crippen molar-refractivity contribution in [1.29, 1.82) is 0 Å². The highest BCUT2D eigenvalue weighted by Gasteiger charge is 2.09. The molecule has 2 N–H and O–H groups in total. The Hall–Kier alpha value is -1.49. The lowest BCUT2D eigenvalue weighted by Gasteiger charge is -1.96. The Kier molecular flexibility index (Phi) is 2.40. The van der Waals surface area contributed by atoms with Gasteiger partial charge in [0.15, 0.2) is 11.6 Å². The Morgan fingerprint density at radius 2 is 2.00 bits per heavy atom. The van der Waals surface area contributed by atoms with Gasteiger partial charge in [0.05, 0.1) is 0 Å². The molecule has 15 heavy (non-hydrogen) atoms. The molecule has 0 aliphatic heterocycles. The van der Waals surface area contributed by atoms with E-state index in [0.29, 0.717) is 16.4 Å². The summed E-state index contributed by atoms with van der Waals surface area (Å²) in [6, 6.07) is 3.68. The van der Waals surface area contributed by atoms with Crippen LogP contribution in [0.3, 0.4) is 0 Å². The molecular formula is C10H8F2N2S. The van der Waals surface area contributed by atoms with Crippen molar-refractivity contribution in [3.63, 3.8) is 0 Å². The summed E-state index contributed by atoms with van der Waals surface area (Å²) < 4.78 is 25.6. The zero-order chi connectivity index (χ0) is 11.0. The average Bonchev–Trinajstić information content (AvgIpc) is 2.52. The van der Waals surface area contributed by atoms with Gasteiger partial charge in [-0.3, -0.25) is 0 Å². The molecule has 2 rings (SSSR count). The number of aromatic nitrogens is 1. The molecule has 2 aromatic rings. The maximum absolute atomic E-state index is 12.9. The number of aryl methyl sites for hydroxylation is 1. The average molecular weight is 226 g/mol. The molecule has 0 unspecified atom stereocenters. The van der Waals surface area contributed by atoms with Gasteiger partial charge in [0, 0.05) is 10.4 Å². The van der Waals surface area contributed by atoms with Crippen LogP contribution in [0.25, 0.3) is 10.6 Å². The molecule has 0 fully saturated rings. The third-order valence-electron chi connectivity index (χ3n) is 2.00. The van der Waals surface area contributed by atoms with E-state index >= 15 is 0 Å². The minimum atomic E-state index is -0.876. The number of anilines is 1. The van der Waals surface area contributed by atoms with E-state index in [2.05, 4.69) is 4.98 Å². The van der Waals surface area contributed by atoms with Crippen molar-refractivity contribution in [2.24, 2.45) is 0 Å². The Labute approximate surface area is 89.4 Å². The van der Waals surface area contributed by atoms with Crippen LogP contribution in [0.15, 0.2) is 18.2 Å². The van der Waals surface area contributed by atoms with Crippen LogP contribution < -0.4 is 5.73 Å². The second kappa shape index (κ2) is 3.58. The first-order valence-corrected chi connectivity index (χ1v) is 5.08. The lowest BCUT2D eigenvalue weighted by atomic mass is 10.2. The zero-order valence-electron chi connectivity index (χ0n) is 7.92. The second-order valence-corrected chi connectivity index (χ2v) is 4.29. The first kappa shape index (κ1) is 10.0. The summed E-state index contributed by atoms with van der Waals surface area (Å²) in [5.74, 6) is -1.31. The molecule has 1 aromatic carbocycles. The topological polar surface area (TPSA) is 38.9 Å². The first-order valence-electron chi connectivity index (χ1n) is 4.26. The summed E-state index contributed by atoms with van der Waals surface area (Å²) in [4.78, 5) is 4.93. The summed E-state index contributed by atoms with van der Waals surface area (Å²) in [5.41, 5.74) is 6.12. The lowest BCUT2D eigenvalue weighted by Crippen LogP contribution is -1.87. The van der Waals surface area contributed by atoms with Crippen LogP contribution in [-0.4, -0.2) is 4.98 Å².